The van der Waals surface area contributed by atoms with E-state index in [4.69, 9.17) is 9.63 Å². The molecule has 0 spiro atoms. The van der Waals surface area contributed by atoms with Crippen molar-refractivity contribution >= 4 is 5.97 Å². The third-order valence-electron chi connectivity index (χ3n) is 8.75. The number of carbonyl (C=O) groups is 1. The minimum absolute atomic E-state index is 0.0869. The lowest BCUT2D eigenvalue weighted by Crippen LogP contribution is -2.49. The predicted molar refractivity (Wildman–Crippen MR) is 135 cm³/mol. The van der Waals surface area contributed by atoms with Gasteiger partial charge in [0.15, 0.2) is 0 Å². The zero-order valence-electron chi connectivity index (χ0n) is 20.6. The first-order valence-electron chi connectivity index (χ1n) is 13.3. The van der Waals surface area contributed by atoms with Crippen molar-refractivity contribution < 1.29 is 18.8 Å². The summed E-state index contributed by atoms with van der Waals surface area (Å²) >= 11 is 0. The van der Waals surface area contributed by atoms with Gasteiger partial charge in [-0.1, -0.05) is 54.8 Å². The lowest BCUT2D eigenvalue weighted by Gasteiger charge is -2.38. The SMILES string of the molecule is O=C(O)C1CN(Cc2ccc3c(c2)CCc2c-3noc2CCC2(c3ccc(F)cc3)CCCCC2)C1. The fourth-order valence-electron chi connectivity index (χ4n) is 6.63. The van der Waals surface area contributed by atoms with Gasteiger partial charge in [-0.2, -0.15) is 0 Å². The average Bonchev–Trinajstić information content (AvgIpc) is 3.29. The molecule has 0 radical (unpaired) electrons. The number of benzene rings is 2. The molecule has 0 bridgehead atoms. The summed E-state index contributed by atoms with van der Waals surface area (Å²) in [6.07, 6.45) is 9.75. The molecule has 2 heterocycles. The number of nitrogens with zero attached hydrogens (tertiary/aromatic N) is 2. The van der Waals surface area contributed by atoms with Gasteiger partial charge in [0.25, 0.3) is 0 Å². The smallest absolute Gasteiger partial charge is 0.309 e. The molecule has 2 aliphatic carbocycles. The molecule has 6 heteroatoms. The molecule has 188 valence electrons. The Hall–Kier alpha value is -2.99. The van der Waals surface area contributed by atoms with Crippen molar-refractivity contribution in [1.82, 2.24) is 10.1 Å². The number of aryl methyl sites for hydroxylation is 2. The molecule has 2 aromatic carbocycles. The largest absolute Gasteiger partial charge is 0.481 e. The van der Waals surface area contributed by atoms with Crippen LogP contribution in [0, 0.1) is 11.7 Å². The van der Waals surface area contributed by atoms with E-state index >= 15 is 0 Å². The first kappa shape index (κ1) is 23.4. The predicted octanol–water partition coefficient (Wildman–Crippen LogP) is 5.93. The van der Waals surface area contributed by atoms with Crippen LogP contribution in [0.4, 0.5) is 4.39 Å². The van der Waals surface area contributed by atoms with Crippen LogP contribution >= 0.6 is 0 Å². The summed E-state index contributed by atoms with van der Waals surface area (Å²) < 4.78 is 19.6. The quantitative estimate of drug-likeness (QED) is 0.446. The second-order valence-electron chi connectivity index (χ2n) is 11.0. The first-order chi connectivity index (χ1) is 17.5. The number of aromatic nitrogens is 1. The van der Waals surface area contributed by atoms with Crippen LogP contribution in [0.15, 0.2) is 47.0 Å². The Bertz CT molecular complexity index is 1250. The monoisotopic (exact) mass is 488 g/mol. The highest BCUT2D eigenvalue weighted by Crippen LogP contribution is 2.44. The number of likely N-dealkylation sites (tertiary alicyclic amines) is 1. The minimum Gasteiger partial charge on any atom is -0.481 e. The zero-order chi connectivity index (χ0) is 24.7. The maximum Gasteiger partial charge on any atom is 0.309 e. The van der Waals surface area contributed by atoms with E-state index in [1.807, 2.05) is 12.1 Å². The average molecular weight is 489 g/mol. The van der Waals surface area contributed by atoms with Crippen LogP contribution < -0.4 is 0 Å². The summed E-state index contributed by atoms with van der Waals surface area (Å²) in [6, 6.07) is 13.7. The van der Waals surface area contributed by atoms with Gasteiger partial charge in [0.1, 0.15) is 17.3 Å². The number of hydrogen-bond acceptors (Lipinski definition) is 4. The Labute approximate surface area is 211 Å². The summed E-state index contributed by atoms with van der Waals surface area (Å²) in [5, 5.41) is 13.6. The fourth-order valence-corrected chi connectivity index (χ4v) is 6.63. The highest BCUT2D eigenvalue weighted by Gasteiger charge is 2.35. The molecule has 0 amide bonds. The molecule has 3 aromatic rings. The summed E-state index contributed by atoms with van der Waals surface area (Å²) in [4.78, 5) is 13.3. The van der Waals surface area contributed by atoms with E-state index in [9.17, 15) is 9.18 Å². The topological polar surface area (TPSA) is 66.6 Å². The van der Waals surface area contributed by atoms with E-state index in [1.165, 1.54) is 41.5 Å². The summed E-state index contributed by atoms with van der Waals surface area (Å²) in [5.41, 5.74) is 7.25. The fraction of sp³-hybridized carbons (Fsp3) is 0.467. The number of carboxylic acids is 1. The zero-order valence-corrected chi connectivity index (χ0v) is 20.6. The Morgan fingerprint density at radius 3 is 2.61 bits per heavy atom. The van der Waals surface area contributed by atoms with Crippen LogP contribution in [-0.2, 0) is 36.0 Å². The van der Waals surface area contributed by atoms with Gasteiger partial charge in [-0.15, -0.1) is 0 Å². The van der Waals surface area contributed by atoms with E-state index in [0.29, 0.717) is 13.1 Å². The van der Waals surface area contributed by atoms with Crippen LogP contribution in [0.3, 0.4) is 0 Å². The molecule has 5 nitrogen and oxygen atoms in total. The molecule has 1 aliphatic heterocycles. The molecule has 3 aliphatic rings. The number of carboxylic acid groups (broad SMARTS) is 1. The second-order valence-corrected chi connectivity index (χ2v) is 11.0. The Morgan fingerprint density at radius 1 is 1.08 bits per heavy atom. The van der Waals surface area contributed by atoms with Gasteiger partial charge in [0.05, 0.1) is 5.92 Å². The van der Waals surface area contributed by atoms with Crippen molar-refractivity contribution in [3.63, 3.8) is 0 Å². The van der Waals surface area contributed by atoms with E-state index in [2.05, 4.69) is 28.3 Å². The molecular weight excluding hydrogens is 455 g/mol. The highest BCUT2D eigenvalue weighted by atomic mass is 19.1. The van der Waals surface area contributed by atoms with E-state index in [1.54, 1.807) is 12.1 Å². The van der Waals surface area contributed by atoms with E-state index in [0.717, 1.165) is 62.1 Å². The van der Waals surface area contributed by atoms with Crippen LogP contribution in [0.1, 0.15) is 66.5 Å². The van der Waals surface area contributed by atoms with E-state index in [-0.39, 0.29) is 17.2 Å². The first-order valence-corrected chi connectivity index (χ1v) is 13.3. The molecular formula is C30H33FN2O3. The van der Waals surface area contributed by atoms with Crippen molar-refractivity contribution in [3.8, 4) is 11.3 Å². The normalized spacial score (nSPS) is 19.4. The highest BCUT2D eigenvalue weighted by molar-refractivity contribution is 5.72. The van der Waals surface area contributed by atoms with Gasteiger partial charge in [-0.25, -0.2) is 4.39 Å². The van der Waals surface area contributed by atoms with E-state index < -0.39 is 5.97 Å². The van der Waals surface area contributed by atoms with Gasteiger partial charge in [-0.3, -0.25) is 9.69 Å². The minimum atomic E-state index is -0.696. The van der Waals surface area contributed by atoms with Crippen LogP contribution in [0.2, 0.25) is 0 Å². The van der Waals surface area contributed by atoms with Crippen LogP contribution in [-0.4, -0.2) is 34.2 Å². The van der Waals surface area contributed by atoms with Gasteiger partial charge >= 0.3 is 5.97 Å². The Morgan fingerprint density at radius 2 is 1.86 bits per heavy atom. The number of aliphatic carboxylic acids is 1. The maximum absolute atomic E-state index is 13.6. The van der Waals surface area contributed by atoms with Gasteiger partial charge in [-0.05, 0) is 66.3 Å². The number of rotatable bonds is 7. The Kier molecular flexibility index (Phi) is 6.16. The molecule has 1 saturated carbocycles. The van der Waals surface area contributed by atoms with Gasteiger partial charge in [0.2, 0.25) is 0 Å². The molecule has 1 saturated heterocycles. The number of hydrogen-bond donors (Lipinski definition) is 1. The molecule has 6 rings (SSSR count). The molecule has 0 atom stereocenters. The lowest BCUT2D eigenvalue weighted by molar-refractivity contribution is -0.147. The van der Waals surface area contributed by atoms with Crippen molar-refractivity contribution in [1.29, 1.82) is 0 Å². The summed E-state index contributed by atoms with van der Waals surface area (Å²) in [7, 11) is 0. The van der Waals surface area contributed by atoms with Crippen LogP contribution in [0.5, 0.6) is 0 Å². The molecule has 36 heavy (non-hydrogen) atoms. The maximum atomic E-state index is 13.6. The standard InChI is InChI=1S/C30H33FN2O3/c31-24-8-6-23(7-9-24)30(13-2-1-3-14-30)15-12-27-26-11-5-21-16-20(4-10-25(21)28(26)32-36-27)17-33-18-22(19-33)29(34)35/h4,6-10,16,22H,1-3,5,11-15,17-19H2,(H,34,35). The number of halogens is 1. The lowest BCUT2D eigenvalue weighted by atomic mass is 9.66. The molecule has 1 aromatic heterocycles. The second kappa shape index (κ2) is 9.47. The molecule has 0 unspecified atom stereocenters. The van der Waals surface area contributed by atoms with Gasteiger partial charge in [0, 0.05) is 37.2 Å². The van der Waals surface area contributed by atoms with Gasteiger partial charge < -0.3 is 9.63 Å². The Balaban J connectivity index is 1.17. The van der Waals surface area contributed by atoms with Crippen molar-refractivity contribution in [2.45, 2.75) is 69.7 Å². The summed E-state index contributed by atoms with van der Waals surface area (Å²) in [5.74, 6) is -0.0927. The van der Waals surface area contributed by atoms with Crippen molar-refractivity contribution in [2.75, 3.05) is 13.1 Å². The third kappa shape index (κ3) is 4.36. The molecule has 1 N–H and O–H groups in total. The van der Waals surface area contributed by atoms with Crippen LogP contribution in [0.25, 0.3) is 11.3 Å². The number of fused-ring (bicyclic) bond motifs is 3. The summed E-state index contributed by atoms with van der Waals surface area (Å²) in [6.45, 7) is 2.05. The van der Waals surface area contributed by atoms with Crippen molar-refractivity contribution in [2.24, 2.45) is 5.92 Å². The van der Waals surface area contributed by atoms with Crippen molar-refractivity contribution in [3.05, 3.63) is 76.3 Å². The third-order valence-corrected chi connectivity index (χ3v) is 8.75. The molecule has 2 fully saturated rings.